The van der Waals surface area contributed by atoms with Crippen LogP contribution in [0.5, 0.6) is 5.75 Å². The normalized spacial score (nSPS) is 19.2. The van der Waals surface area contributed by atoms with E-state index in [2.05, 4.69) is 31.0 Å². The number of pyridine rings is 2. The number of hydrogen-bond acceptors (Lipinski definition) is 5. The van der Waals surface area contributed by atoms with Gasteiger partial charge in [0.05, 0.1) is 23.0 Å². The van der Waals surface area contributed by atoms with Crippen LogP contribution in [0.3, 0.4) is 0 Å². The molecular formula is C20H19BrF3N5O3. The zero-order valence-corrected chi connectivity index (χ0v) is 18.5. The van der Waals surface area contributed by atoms with Crippen molar-refractivity contribution in [2.24, 2.45) is 0 Å². The number of amides is 1. The lowest BCUT2D eigenvalue weighted by Crippen LogP contribution is -2.27. The zero-order valence-electron chi connectivity index (χ0n) is 16.9. The van der Waals surface area contributed by atoms with Crippen molar-refractivity contribution in [3.05, 3.63) is 40.9 Å². The highest BCUT2D eigenvalue weighted by Crippen LogP contribution is 2.38. The standard InChI is InChI=1S/C20H19BrF3N5O3/c1-28(19(30)31)16-9-14-13(10-26-16)18(21)27-29(14)11-4-6-12(7-5-11)32-15-3-2-8-25-17(15)20(22,23)24/h2-3,8-12H,4-7H2,1H3,(H,30,31). The second kappa shape index (κ2) is 8.57. The summed E-state index contributed by atoms with van der Waals surface area (Å²) in [5.74, 6) is 0.00934. The van der Waals surface area contributed by atoms with Gasteiger partial charge in [-0.3, -0.25) is 9.58 Å². The lowest BCUT2D eigenvalue weighted by atomic mass is 9.93. The van der Waals surface area contributed by atoms with Crippen LogP contribution in [0, 0.1) is 0 Å². The van der Waals surface area contributed by atoms with E-state index in [0.717, 1.165) is 22.0 Å². The van der Waals surface area contributed by atoms with Gasteiger partial charge in [-0.25, -0.2) is 14.8 Å². The van der Waals surface area contributed by atoms with E-state index in [9.17, 15) is 23.1 Å². The molecular weight excluding hydrogens is 495 g/mol. The maximum atomic E-state index is 13.2. The molecule has 0 unspecified atom stereocenters. The maximum absolute atomic E-state index is 13.2. The van der Waals surface area contributed by atoms with E-state index >= 15 is 0 Å². The molecule has 8 nitrogen and oxygen atoms in total. The molecule has 0 aliphatic heterocycles. The molecule has 1 fully saturated rings. The highest BCUT2D eigenvalue weighted by atomic mass is 79.9. The second-order valence-corrected chi connectivity index (χ2v) is 8.28. The van der Waals surface area contributed by atoms with Gasteiger partial charge in [-0.2, -0.15) is 18.3 Å². The van der Waals surface area contributed by atoms with E-state index in [1.54, 1.807) is 12.3 Å². The first-order valence-corrected chi connectivity index (χ1v) is 10.6. The summed E-state index contributed by atoms with van der Waals surface area (Å²) >= 11 is 3.42. The Morgan fingerprint density at radius 1 is 1.28 bits per heavy atom. The van der Waals surface area contributed by atoms with E-state index in [4.69, 9.17) is 4.74 Å². The number of hydrogen-bond donors (Lipinski definition) is 1. The number of alkyl halides is 3. The van der Waals surface area contributed by atoms with E-state index in [1.165, 1.54) is 19.2 Å². The Hall–Kier alpha value is -2.89. The van der Waals surface area contributed by atoms with Crippen LogP contribution in [0.25, 0.3) is 10.9 Å². The summed E-state index contributed by atoms with van der Waals surface area (Å²) in [6.45, 7) is 0. The highest BCUT2D eigenvalue weighted by molar-refractivity contribution is 9.10. The number of anilines is 1. The molecule has 4 rings (SSSR count). The van der Waals surface area contributed by atoms with Gasteiger partial charge in [0, 0.05) is 25.5 Å². The number of carbonyl (C=O) groups is 1. The zero-order chi connectivity index (χ0) is 23.0. The topological polar surface area (TPSA) is 93.4 Å². The number of rotatable bonds is 4. The van der Waals surface area contributed by atoms with Crippen LogP contribution >= 0.6 is 15.9 Å². The average Bonchev–Trinajstić information content (AvgIpc) is 3.09. The van der Waals surface area contributed by atoms with Crippen molar-refractivity contribution in [1.29, 1.82) is 0 Å². The molecule has 3 heterocycles. The fourth-order valence-corrected chi connectivity index (χ4v) is 4.31. The molecule has 1 N–H and O–H groups in total. The third-order valence-electron chi connectivity index (χ3n) is 5.49. The Morgan fingerprint density at radius 3 is 2.66 bits per heavy atom. The van der Waals surface area contributed by atoms with E-state index in [1.807, 2.05) is 4.68 Å². The van der Waals surface area contributed by atoms with Crippen LogP contribution in [-0.2, 0) is 6.18 Å². The number of carboxylic acid groups (broad SMARTS) is 1. The van der Waals surface area contributed by atoms with Crippen LogP contribution in [0.1, 0.15) is 37.4 Å². The smallest absolute Gasteiger partial charge is 0.437 e. The third-order valence-corrected chi connectivity index (χ3v) is 6.07. The largest absolute Gasteiger partial charge is 0.488 e. The molecule has 1 aliphatic rings. The molecule has 1 aliphatic carbocycles. The van der Waals surface area contributed by atoms with E-state index in [-0.39, 0.29) is 23.7 Å². The minimum absolute atomic E-state index is 0.00924. The van der Waals surface area contributed by atoms with Crippen LogP contribution < -0.4 is 9.64 Å². The van der Waals surface area contributed by atoms with Crippen molar-refractivity contribution in [3.63, 3.8) is 0 Å². The lowest BCUT2D eigenvalue weighted by molar-refractivity contribution is -0.143. The molecule has 170 valence electrons. The Balaban J connectivity index is 1.51. The molecule has 0 aromatic carbocycles. The molecule has 0 atom stereocenters. The average molecular weight is 514 g/mol. The molecule has 1 amide bonds. The summed E-state index contributed by atoms with van der Waals surface area (Å²) in [7, 11) is 1.41. The van der Waals surface area contributed by atoms with Crippen molar-refractivity contribution in [2.45, 2.75) is 44.0 Å². The van der Waals surface area contributed by atoms with Crippen LogP contribution in [0.4, 0.5) is 23.8 Å². The first kappa shape index (κ1) is 22.3. The highest BCUT2D eigenvalue weighted by Gasteiger charge is 2.37. The van der Waals surface area contributed by atoms with Crippen molar-refractivity contribution in [1.82, 2.24) is 19.7 Å². The van der Waals surface area contributed by atoms with Gasteiger partial charge in [0.15, 0.2) is 11.4 Å². The molecule has 3 aromatic rings. The molecule has 0 bridgehead atoms. The van der Waals surface area contributed by atoms with Crippen LogP contribution in [0.2, 0.25) is 0 Å². The Bertz CT molecular complexity index is 1150. The quantitative estimate of drug-likeness (QED) is 0.509. The van der Waals surface area contributed by atoms with Gasteiger partial charge < -0.3 is 9.84 Å². The van der Waals surface area contributed by atoms with Gasteiger partial charge in [0.2, 0.25) is 0 Å². The van der Waals surface area contributed by atoms with Crippen LogP contribution in [-0.4, -0.2) is 44.1 Å². The van der Waals surface area contributed by atoms with Gasteiger partial charge in [-0.1, -0.05) is 0 Å². The van der Waals surface area contributed by atoms with Gasteiger partial charge in [-0.05, 0) is 53.7 Å². The molecule has 32 heavy (non-hydrogen) atoms. The molecule has 3 aromatic heterocycles. The van der Waals surface area contributed by atoms with Crippen LogP contribution in [0.15, 0.2) is 35.2 Å². The summed E-state index contributed by atoms with van der Waals surface area (Å²) in [4.78, 5) is 19.9. The lowest BCUT2D eigenvalue weighted by Gasteiger charge is -2.30. The van der Waals surface area contributed by atoms with Gasteiger partial charge in [0.1, 0.15) is 10.4 Å². The predicted octanol–water partition coefficient (Wildman–Crippen LogP) is 5.28. The minimum atomic E-state index is -4.58. The molecule has 0 spiro atoms. The maximum Gasteiger partial charge on any atom is 0.437 e. The van der Waals surface area contributed by atoms with E-state index < -0.39 is 18.0 Å². The van der Waals surface area contributed by atoms with Crippen molar-refractivity contribution in [3.8, 4) is 5.75 Å². The molecule has 1 saturated carbocycles. The first-order valence-electron chi connectivity index (χ1n) is 9.84. The first-order chi connectivity index (χ1) is 15.1. The SMILES string of the molecule is CN(C(=O)O)c1cc2c(cn1)c(Br)nn2C1CCC(Oc2cccnc2C(F)(F)F)CC1. The Morgan fingerprint density at radius 2 is 2.00 bits per heavy atom. The summed E-state index contributed by atoms with van der Waals surface area (Å²) < 4.78 is 47.6. The number of halogens is 4. The monoisotopic (exact) mass is 513 g/mol. The summed E-state index contributed by atoms with van der Waals surface area (Å²) in [5, 5.41) is 14.5. The Kier molecular flexibility index (Phi) is 5.97. The van der Waals surface area contributed by atoms with Gasteiger partial charge in [0.25, 0.3) is 0 Å². The Labute approximate surface area is 189 Å². The predicted molar refractivity (Wildman–Crippen MR) is 113 cm³/mol. The summed E-state index contributed by atoms with van der Waals surface area (Å²) in [6, 6.07) is 4.36. The second-order valence-electron chi connectivity index (χ2n) is 7.53. The van der Waals surface area contributed by atoms with Crippen molar-refractivity contribution in [2.75, 3.05) is 11.9 Å². The third kappa shape index (κ3) is 4.36. The minimum Gasteiger partial charge on any atom is -0.488 e. The molecule has 0 saturated heterocycles. The summed E-state index contributed by atoms with van der Waals surface area (Å²) in [5.41, 5.74) is -0.294. The van der Waals surface area contributed by atoms with Gasteiger partial charge >= 0.3 is 12.3 Å². The molecule has 0 radical (unpaired) electrons. The van der Waals surface area contributed by atoms with Gasteiger partial charge in [-0.15, -0.1) is 0 Å². The fourth-order valence-electron chi connectivity index (χ4n) is 3.83. The number of nitrogens with zero attached hydrogens (tertiary/aromatic N) is 5. The number of ether oxygens (including phenoxy) is 1. The number of fused-ring (bicyclic) bond motifs is 1. The molecule has 12 heteroatoms. The fraction of sp³-hybridized carbons (Fsp3) is 0.400. The number of aromatic nitrogens is 4. The van der Waals surface area contributed by atoms with E-state index in [0.29, 0.717) is 30.3 Å². The van der Waals surface area contributed by atoms with Crippen molar-refractivity contribution < 1.29 is 27.8 Å². The summed E-state index contributed by atoms with van der Waals surface area (Å²) in [6.07, 6.45) is -1.05. The van der Waals surface area contributed by atoms with Crippen molar-refractivity contribution >= 4 is 38.7 Å².